The first-order valence-corrected chi connectivity index (χ1v) is 11.9. The van der Waals surface area contributed by atoms with Crippen LogP contribution in [0, 0.1) is 13.8 Å². The summed E-state index contributed by atoms with van der Waals surface area (Å²) >= 11 is 3.03. The van der Waals surface area contributed by atoms with Crippen molar-refractivity contribution in [3.63, 3.8) is 0 Å². The quantitative estimate of drug-likeness (QED) is 0.344. The zero-order valence-electron chi connectivity index (χ0n) is 17.4. The third kappa shape index (κ3) is 5.62. The molecule has 1 amide bonds. The molecule has 31 heavy (non-hydrogen) atoms. The van der Waals surface area contributed by atoms with E-state index in [1.807, 2.05) is 73.8 Å². The van der Waals surface area contributed by atoms with Crippen molar-refractivity contribution < 1.29 is 9.21 Å². The lowest BCUT2D eigenvalue weighted by Gasteiger charge is -2.18. The summed E-state index contributed by atoms with van der Waals surface area (Å²) in [6.07, 6.45) is 0.362. The van der Waals surface area contributed by atoms with E-state index in [-0.39, 0.29) is 11.9 Å². The van der Waals surface area contributed by atoms with E-state index in [1.165, 1.54) is 11.8 Å². The molecule has 0 saturated heterocycles. The molecule has 0 aliphatic heterocycles. The van der Waals surface area contributed by atoms with Crippen LogP contribution in [0.2, 0.25) is 0 Å². The van der Waals surface area contributed by atoms with Gasteiger partial charge >= 0.3 is 0 Å². The summed E-state index contributed by atoms with van der Waals surface area (Å²) < 4.78 is 5.78. The van der Waals surface area contributed by atoms with Crippen molar-refractivity contribution in [1.82, 2.24) is 15.5 Å². The highest BCUT2D eigenvalue weighted by Gasteiger charge is 2.18. The monoisotopic (exact) mass is 449 g/mol. The van der Waals surface area contributed by atoms with Gasteiger partial charge in [-0.25, -0.2) is 0 Å². The third-order valence-corrected chi connectivity index (χ3v) is 6.45. The van der Waals surface area contributed by atoms with Crippen molar-refractivity contribution >= 4 is 29.0 Å². The molecule has 158 valence electrons. The van der Waals surface area contributed by atoms with Gasteiger partial charge in [0.2, 0.25) is 11.8 Å². The van der Waals surface area contributed by atoms with Crippen LogP contribution in [0.5, 0.6) is 0 Å². The first-order valence-electron chi connectivity index (χ1n) is 10.0. The maximum atomic E-state index is 12.6. The number of thioether (sulfide) groups is 1. The molecule has 0 aliphatic carbocycles. The molecule has 2 aromatic heterocycles. The van der Waals surface area contributed by atoms with E-state index in [0.717, 1.165) is 27.1 Å². The molecule has 4 rings (SSSR count). The van der Waals surface area contributed by atoms with Crippen LogP contribution >= 0.6 is 23.1 Å². The van der Waals surface area contributed by atoms with Crippen molar-refractivity contribution in [2.45, 2.75) is 31.5 Å². The highest BCUT2D eigenvalue weighted by molar-refractivity contribution is 7.99. The average molecular weight is 450 g/mol. The van der Waals surface area contributed by atoms with E-state index in [2.05, 4.69) is 21.6 Å². The van der Waals surface area contributed by atoms with Gasteiger partial charge in [-0.15, -0.1) is 21.5 Å². The molecule has 5 nitrogen and oxygen atoms in total. The molecule has 4 aromatic rings. The second-order valence-corrected chi connectivity index (χ2v) is 9.30. The molecule has 1 N–H and O–H groups in total. The summed E-state index contributed by atoms with van der Waals surface area (Å²) in [6.45, 7) is 4.08. The summed E-state index contributed by atoms with van der Waals surface area (Å²) in [6, 6.07) is 20.1. The fourth-order valence-electron chi connectivity index (χ4n) is 3.37. The van der Waals surface area contributed by atoms with Gasteiger partial charge in [-0.1, -0.05) is 65.4 Å². The molecule has 0 saturated carbocycles. The van der Waals surface area contributed by atoms with Crippen LogP contribution in [-0.2, 0) is 4.79 Å². The fraction of sp³-hybridized carbons (Fsp3) is 0.208. The molecule has 1 atom stereocenters. The number of nitrogens with zero attached hydrogens (tertiary/aromatic N) is 2. The number of aromatic nitrogens is 2. The van der Waals surface area contributed by atoms with E-state index in [0.29, 0.717) is 23.3 Å². The summed E-state index contributed by atoms with van der Waals surface area (Å²) in [5, 5.41) is 13.9. The summed E-state index contributed by atoms with van der Waals surface area (Å²) in [5.41, 5.74) is 4.28. The summed E-state index contributed by atoms with van der Waals surface area (Å²) in [7, 11) is 0. The molecule has 2 heterocycles. The number of rotatable bonds is 8. The molecule has 0 bridgehead atoms. The van der Waals surface area contributed by atoms with Crippen LogP contribution < -0.4 is 5.32 Å². The predicted octanol–water partition coefficient (Wildman–Crippen LogP) is 5.80. The Bertz CT molecular complexity index is 1120. The maximum absolute atomic E-state index is 12.6. The molecular formula is C24H23N3O2S2. The minimum absolute atomic E-state index is 0.0104. The average Bonchev–Trinajstić information content (AvgIpc) is 3.44. The Balaban J connectivity index is 1.34. The number of benzene rings is 2. The van der Waals surface area contributed by atoms with Crippen LogP contribution in [0.4, 0.5) is 0 Å². The molecular weight excluding hydrogens is 426 g/mol. The topological polar surface area (TPSA) is 68.0 Å². The highest BCUT2D eigenvalue weighted by atomic mass is 32.2. The minimum Gasteiger partial charge on any atom is -0.411 e. The van der Waals surface area contributed by atoms with E-state index in [9.17, 15) is 4.79 Å². The van der Waals surface area contributed by atoms with Gasteiger partial charge in [0.25, 0.3) is 5.22 Å². The number of hydrogen-bond donors (Lipinski definition) is 1. The Morgan fingerprint density at radius 1 is 1.06 bits per heavy atom. The molecule has 0 radical (unpaired) electrons. The number of hydrogen-bond acceptors (Lipinski definition) is 6. The van der Waals surface area contributed by atoms with Gasteiger partial charge in [0, 0.05) is 22.6 Å². The third-order valence-electron chi connectivity index (χ3n) is 4.70. The Labute approximate surface area is 189 Å². The van der Waals surface area contributed by atoms with Gasteiger partial charge in [0.05, 0.1) is 6.04 Å². The molecule has 0 spiro atoms. The minimum atomic E-state index is -0.140. The zero-order chi connectivity index (χ0) is 21.6. The Morgan fingerprint density at radius 3 is 2.55 bits per heavy atom. The molecule has 0 aliphatic rings. The van der Waals surface area contributed by atoms with Crippen LogP contribution in [0.15, 0.2) is 75.7 Å². The molecule has 0 fully saturated rings. The second kappa shape index (κ2) is 9.94. The lowest BCUT2D eigenvalue weighted by atomic mass is 10.1. The Morgan fingerprint density at radius 2 is 1.84 bits per heavy atom. The number of nitrogens with one attached hydrogen (secondary N) is 1. The van der Waals surface area contributed by atoms with Gasteiger partial charge in [0.15, 0.2) is 0 Å². The summed E-state index contributed by atoms with van der Waals surface area (Å²) in [5.74, 6) is 1.05. The van der Waals surface area contributed by atoms with Crippen LogP contribution in [0.3, 0.4) is 0 Å². The highest BCUT2D eigenvalue weighted by Crippen LogP contribution is 2.27. The van der Waals surface area contributed by atoms with Crippen LogP contribution in [-0.4, -0.2) is 21.9 Å². The Kier molecular flexibility index (Phi) is 6.84. The maximum Gasteiger partial charge on any atom is 0.276 e. The molecule has 1 unspecified atom stereocenters. The predicted molar refractivity (Wildman–Crippen MR) is 125 cm³/mol. The van der Waals surface area contributed by atoms with Crippen LogP contribution in [0.25, 0.3) is 11.5 Å². The van der Waals surface area contributed by atoms with E-state index < -0.39 is 0 Å². The van der Waals surface area contributed by atoms with Gasteiger partial charge in [0.1, 0.15) is 0 Å². The van der Waals surface area contributed by atoms with Crippen LogP contribution in [0.1, 0.15) is 34.0 Å². The van der Waals surface area contributed by atoms with Gasteiger partial charge in [-0.3, -0.25) is 4.79 Å². The fourth-order valence-corrected chi connectivity index (χ4v) is 4.87. The van der Waals surface area contributed by atoms with Crippen molar-refractivity contribution in [2.24, 2.45) is 0 Å². The van der Waals surface area contributed by atoms with E-state index in [1.54, 1.807) is 11.3 Å². The largest absolute Gasteiger partial charge is 0.411 e. The van der Waals surface area contributed by atoms with Crippen molar-refractivity contribution in [3.05, 3.63) is 87.6 Å². The summed E-state index contributed by atoms with van der Waals surface area (Å²) in [4.78, 5) is 13.7. The Hall–Kier alpha value is -2.90. The van der Waals surface area contributed by atoms with Gasteiger partial charge in [-0.2, -0.15) is 0 Å². The second-order valence-electron chi connectivity index (χ2n) is 7.27. The van der Waals surface area contributed by atoms with Crippen molar-refractivity contribution in [1.29, 1.82) is 0 Å². The lowest BCUT2D eigenvalue weighted by molar-refractivity contribution is -0.121. The van der Waals surface area contributed by atoms with Crippen molar-refractivity contribution in [2.75, 3.05) is 5.75 Å². The molecule has 2 aromatic carbocycles. The van der Waals surface area contributed by atoms with Gasteiger partial charge in [-0.05, 0) is 43.0 Å². The lowest BCUT2D eigenvalue weighted by Crippen LogP contribution is -2.29. The van der Waals surface area contributed by atoms with E-state index >= 15 is 0 Å². The SMILES string of the molecule is Cc1cc(C)cc(-c2nnc(SCCC(=O)NC(c3ccccc3)c3cccs3)o2)c1. The molecule has 7 heteroatoms. The number of aryl methyl sites for hydroxylation is 2. The van der Waals surface area contributed by atoms with E-state index in [4.69, 9.17) is 4.42 Å². The standard InChI is InChI=1S/C24H23N3O2S2/c1-16-13-17(2)15-19(14-16)23-26-27-24(29-23)31-12-10-21(28)25-22(20-9-6-11-30-20)18-7-4-3-5-8-18/h3-9,11,13-15,22H,10,12H2,1-2H3,(H,25,28). The number of amides is 1. The first kappa shape index (κ1) is 21.3. The number of thiophene rings is 1. The first-order chi connectivity index (χ1) is 15.1. The number of carbonyl (C=O) groups excluding carboxylic acids is 1. The van der Waals surface area contributed by atoms with Crippen molar-refractivity contribution in [3.8, 4) is 11.5 Å². The smallest absolute Gasteiger partial charge is 0.276 e. The zero-order valence-corrected chi connectivity index (χ0v) is 19.0. The normalized spacial score (nSPS) is 11.9. The number of carbonyl (C=O) groups is 1. The van der Waals surface area contributed by atoms with Gasteiger partial charge < -0.3 is 9.73 Å².